The zero-order valence-corrected chi connectivity index (χ0v) is 11.6. The molecule has 3 N–H and O–H groups in total. The highest BCUT2D eigenvalue weighted by atomic mass is 16.5. The smallest absolute Gasteiger partial charge is 0.152 e. The number of ether oxygens (including phenoxy) is 1. The van der Waals surface area contributed by atoms with Gasteiger partial charge >= 0.3 is 0 Å². The molecule has 3 heteroatoms. The number of hydrogen-bond acceptors (Lipinski definition) is 3. The summed E-state index contributed by atoms with van der Waals surface area (Å²) >= 11 is 0. The second-order valence-corrected chi connectivity index (χ2v) is 4.32. The Labute approximate surface area is 115 Å². The maximum atomic E-state index is 9.44. The molecule has 1 aromatic carbocycles. The first-order valence-electron chi connectivity index (χ1n) is 6.61. The third kappa shape index (κ3) is 5.83. The van der Waals surface area contributed by atoms with Gasteiger partial charge in [-0.1, -0.05) is 42.5 Å². The Morgan fingerprint density at radius 3 is 2.05 bits per heavy atom. The predicted octanol–water partition coefficient (Wildman–Crippen LogP) is 2.59. The van der Waals surface area contributed by atoms with Crippen molar-refractivity contribution in [1.82, 2.24) is 0 Å². The lowest BCUT2D eigenvalue weighted by Gasteiger charge is -2.21. The molecule has 2 rings (SSSR count). The minimum absolute atomic E-state index is 0.222. The first kappa shape index (κ1) is 15.6. The molecule has 104 valence electrons. The molecule has 0 heterocycles. The van der Waals surface area contributed by atoms with E-state index in [1.807, 2.05) is 44.2 Å². The van der Waals surface area contributed by atoms with Crippen molar-refractivity contribution in [1.29, 1.82) is 0 Å². The fraction of sp³-hybridized carbons (Fsp3) is 0.375. The fourth-order valence-corrected chi connectivity index (χ4v) is 1.74. The van der Waals surface area contributed by atoms with Crippen LogP contribution >= 0.6 is 0 Å². The van der Waals surface area contributed by atoms with Gasteiger partial charge in [-0.15, -0.1) is 0 Å². The summed E-state index contributed by atoms with van der Waals surface area (Å²) in [5.74, 6) is 0.222. The summed E-state index contributed by atoms with van der Waals surface area (Å²) in [5.41, 5.74) is 5.43. The normalized spacial score (nSPS) is 24.7. The van der Waals surface area contributed by atoms with Crippen molar-refractivity contribution in [2.75, 3.05) is 13.2 Å². The third-order valence-corrected chi connectivity index (χ3v) is 2.73. The van der Waals surface area contributed by atoms with Crippen LogP contribution in [-0.2, 0) is 4.74 Å². The van der Waals surface area contributed by atoms with Crippen molar-refractivity contribution >= 4 is 0 Å². The monoisotopic (exact) mass is 261 g/mol. The number of aliphatic hydroxyl groups is 1. The van der Waals surface area contributed by atoms with Gasteiger partial charge in [0.25, 0.3) is 0 Å². The SMILES string of the molecule is CCOCC.NC1(O)C=CC(c2ccccc2)C=C1. The Morgan fingerprint density at radius 2 is 1.63 bits per heavy atom. The van der Waals surface area contributed by atoms with Crippen molar-refractivity contribution in [3.63, 3.8) is 0 Å². The highest BCUT2D eigenvalue weighted by molar-refractivity contribution is 5.34. The van der Waals surface area contributed by atoms with E-state index >= 15 is 0 Å². The van der Waals surface area contributed by atoms with Gasteiger partial charge in [-0.25, -0.2) is 0 Å². The highest BCUT2D eigenvalue weighted by Gasteiger charge is 2.18. The average molecular weight is 261 g/mol. The topological polar surface area (TPSA) is 55.5 Å². The van der Waals surface area contributed by atoms with E-state index in [2.05, 4.69) is 12.1 Å². The molecule has 0 amide bonds. The van der Waals surface area contributed by atoms with Crippen LogP contribution in [0.2, 0.25) is 0 Å². The summed E-state index contributed by atoms with van der Waals surface area (Å²) in [4.78, 5) is 0. The summed E-state index contributed by atoms with van der Waals surface area (Å²) in [6.07, 6.45) is 7.06. The van der Waals surface area contributed by atoms with E-state index < -0.39 is 5.72 Å². The van der Waals surface area contributed by atoms with Crippen LogP contribution in [0.15, 0.2) is 54.6 Å². The number of rotatable bonds is 3. The second kappa shape index (κ2) is 7.89. The minimum atomic E-state index is -1.27. The van der Waals surface area contributed by atoms with Crippen molar-refractivity contribution < 1.29 is 9.84 Å². The van der Waals surface area contributed by atoms with Gasteiger partial charge in [-0.3, -0.25) is 5.73 Å². The van der Waals surface area contributed by atoms with Gasteiger partial charge < -0.3 is 9.84 Å². The van der Waals surface area contributed by atoms with Gasteiger partial charge in [0, 0.05) is 19.1 Å². The number of benzene rings is 1. The van der Waals surface area contributed by atoms with Crippen LogP contribution < -0.4 is 5.73 Å². The summed E-state index contributed by atoms with van der Waals surface area (Å²) in [6.45, 7) is 5.67. The summed E-state index contributed by atoms with van der Waals surface area (Å²) in [7, 11) is 0. The molecule has 19 heavy (non-hydrogen) atoms. The molecular weight excluding hydrogens is 238 g/mol. The molecule has 3 nitrogen and oxygen atoms in total. The molecule has 1 aliphatic rings. The molecule has 0 bridgehead atoms. The van der Waals surface area contributed by atoms with E-state index in [0.717, 1.165) is 13.2 Å². The Hall–Kier alpha value is -1.42. The van der Waals surface area contributed by atoms with Crippen molar-refractivity contribution in [3.8, 4) is 0 Å². The van der Waals surface area contributed by atoms with E-state index in [0.29, 0.717) is 0 Å². The maximum Gasteiger partial charge on any atom is 0.152 e. The Bertz CT molecular complexity index is 392. The van der Waals surface area contributed by atoms with Gasteiger partial charge in [-0.2, -0.15) is 0 Å². The lowest BCUT2D eigenvalue weighted by Crippen LogP contribution is -2.35. The lowest BCUT2D eigenvalue weighted by molar-refractivity contribution is 0.148. The standard InChI is InChI=1S/C12H13NO.C4H10O/c13-12(14)8-6-11(7-9-12)10-4-2-1-3-5-10;1-3-5-4-2/h1-9,11,14H,13H2;3-4H2,1-2H3. The van der Waals surface area contributed by atoms with Crippen LogP contribution in [0.4, 0.5) is 0 Å². The quantitative estimate of drug-likeness (QED) is 0.649. The summed E-state index contributed by atoms with van der Waals surface area (Å²) < 4.78 is 4.83. The number of allylic oxidation sites excluding steroid dienone is 2. The average Bonchev–Trinajstić information content (AvgIpc) is 2.41. The van der Waals surface area contributed by atoms with Crippen molar-refractivity contribution in [3.05, 3.63) is 60.2 Å². The van der Waals surface area contributed by atoms with E-state index in [-0.39, 0.29) is 5.92 Å². The van der Waals surface area contributed by atoms with Gasteiger partial charge in [-0.05, 0) is 31.6 Å². The molecule has 0 saturated carbocycles. The molecule has 0 spiro atoms. The van der Waals surface area contributed by atoms with Crippen molar-refractivity contribution in [2.45, 2.75) is 25.5 Å². The minimum Gasteiger partial charge on any atom is -0.382 e. The Balaban J connectivity index is 0.000000312. The fourth-order valence-electron chi connectivity index (χ4n) is 1.74. The van der Waals surface area contributed by atoms with E-state index in [1.54, 1.807) is 12.2 Å². The van der Waals surface area contributed by atoms with E-state index in [9.17, 15) is 5.11 Å². The van der Waals surface area contributed by atoms with Crippen molar-refractivity contribution in [2.24, 2.45) is 5.73 Å². The summed E-state index contributed by atoms with van der Waals surface area (Å²) in [5, 5.41) is 9.44. The van der Waals surface area contributed by atoms with Crippen LogP contribution in [0.3, 0.4) is 0 Å². The Kier molecular flexibility index (Phi) is 6.50. The number of hydrogen-bond donors (Lipinski definition) is 2. The van der Waals surface area contributed by atoms with Crippen LogP contribution in [0.1, 0.15) is 25.3 Å². The van der Waals surface area contributed by atoms with Gasteiger partial charge in [0.1, 0.15) is 0 Å². The van der Waals surface area contributed by atoms with Crippen LogP contribution in [0.5, 0.6) is 0 Å². The molecule has 0 fully saturated rings. The van der Waals surface area contributed by atoms with Crippen LogP contribution in [0.25, 0.3) is 0 Å². The molecule has 1 aromatic rings. The molecule has 1 aliphatic carbocycles. The zero-order chi connectivity index (χ0) is 14.1. The third-order valence-electron chi connectivity index (χ3n) is 2.73. The molecule has 0 saturated heterocycles. The first-order valence-corrected chi connectivity index (χ1v) is 6.61. The van der Waals surface area contributed by atoms with Crippen LogP contribution in [-0.4, -0.2) is 24.0 Å². The summed E-state index contributed by atoms with van der Waals surface area (Å²) in [6, 6.07) is 10.1. The van der Waals surface area contributed by atoms with Gasteiger partial charge in [0.2, 0.25) is 0 Å². The van der Waals surface area contributed by atoms with E-state index in [4.69, 9.17) is 10.5 Å². The maximum absolute atomic E-state index is 9.44. The lowest BCUT2D eigenvalue weighted by atomic mass is 9.92. The molecular formula is C16H23NO2. The highest BCUT2D eigenvalue weighted by Crippen LogP contribution is 2.23. The first-order chi connectivity index (χ1) is 9.09. The van der Waals surface area contributed by atoms with Gasteiger partial charge in [0.05, 0.1) is 0 Å². The van der Waals surface area contributed by atoms with Crippen LogP contribution in [0, 0.1) is 0 Å². The Morgan fingerprint density at radius 1 is 1.11 bits per heavy atom. The molecule has 0 aromatic heterocycles. The molecule has 0 atom stereocenters. The largest absolute Gasteiger partial charge is 0.382 e. The molecule has 0 unspecified atom stereocenters. The molecule has 0 radical (unpaired) electrons. The predicted molar refractivity (Wildman–Crippen MR) is 78.8 cm³/mol. The second-order valence-electron chi connectivity index (χ2n) is 4.32. The molecule has 0 aliphatic heterocycles. The number of nitrogens with two attached hydrogens (primary N) is 1. The van der Waals surface area contributed by atoms with Gasteiger partial charge in [0.15, 0.2) is 5.72 Å². The van der Waals surface area contributed by atoms with E-state index in [1.165, 1.54) is 5.56 Å². The zero-order valence-electron chi connectivity index (χ0n) is 11.6.